The van der Waals surface area contributed by atoms with Gasteiger partial charge < -0.3 is 14.5 Å². The number of carbonyl (C=O) groups is 1. The van der Waals surface area contributed by atoms with Gasteiger partial charge in [-0.2, -0.15) is 0 Å². The second-order valence-corrected chi connectivity index (χ2v) is 6.74. The van der Waals surface area contributed by atoms with Crippen LogP contribution in [0, 0.1) is 6.92 Å². The van der Waals surface area contributed by atoms with E-state index in [1.54, 1.807) is 6.08 Å². The summed E-state index contributed by atoms with van der Waals surface area (Å²) < 4.78 is 11.0. The van der Waals surface area contributed by atoms with E-state index < -0.39 is 0 Å². The Morgan fingerprint density at radius 3 is 2.92 bits per heavy atom. The molecule has 1 fully saturated rings. The fourth-order valence-electron chi connectivity index (χ4n) is 3.08. The van der Waals surface area contributed by atoms with Gasteiger partial charge in [-0.25, -0.2) is 0 Å². The Labute approximate surface area is 154 Å². The van der Waals surface area contributed by atoms with E-state index in [9.17, 15) is 4.79 Å². The monoisotopic (exact) mass is 354 g/mol. The smallest absolute Gasteiger partial charge is 0.244 e. The van der Waals surface area contributed by atoms with Gasteiger partial charge in [0.2, 0.25) is 5.91 Å². The molecule has 0 aliphatic carbocycles. The predicted octanol–water partition coefficient (Wildman–Crippen LogP) is 3.14. The molecule has 1 aliphatic heterocycles. The number of carbonyl (C=O) groups excluding carboxylic acids is 1. The number of ether oxygens (including phenoxy) is 1. The van der Waals surface area contributed by atoms with E-state index in [4.69, 9.17) is 9.15 Å². The summed E-state index contributed by atoms with van der Waals surface area (Å²) in [5.74, 6) is 1.38. The average Bonchev–Trinajstić information content (AvgIpc) is 3.04. The average molecular weight is 354 g/mol. The molecule has 0 bridgehead atoms. The number of rotatable bonds is 6. The number of hydrogen-bond acceptors (Lipinski definition) is 4. The largest absolute Gasteiger partial charge is 0.462 e. The Hall–Kier alpha value is -2.37. The van der Waals surface area contributed by atoms with Crippen LogP contribution in [0.2, 0.25) is 0 Å². The topological polar surface area (TPSA) is 54.7 Å². The zero-order chi connectivity index (χ0) is 18.4. The molecule has 1 aromatic heterocycles. The maximum atomic E-state index is 12.0. The van der Waals surface area contributed by atoms with Crippen LogP contribution < -0.4 is 5.32 Å². The summed E-state index contributed by atoms with van der Waals surface area (Å²) in [6, 6.07) is 12.1. The molecule has 0 spiro atoms. The van der Waals surface area contributed by atoms with Crippen molar-refractivity contribution in [2.75, 3.05) is 19.7 Å². The van der Waals surface area contributed by atoms with Crippen molar-refractivity contribution < 1.29 is 13.9 Å². The van der Waals surface area contributed by atoms with Gasteiger partial charge in [0.05, 0.1) is 12.7 Å². The minimum absolute atomic E-state index is 0.133. The van der Waals surface area contributed by atoms with Crippen molar-refractivity contribution in [3.63, 3.8) is 0 Å². The number of nitrogens with one attached hydrogen (secondary N) is 1. The first-order valence-corrected chi connectivity index (χ1v) is 9.02. The molecular weight excluding hydrogens is 328 g/mol. The van der Waals surface area contributed by atoms with Gasteiger partial charge in [-0.3, -0.25) is 9.69 Å². The second kappa shape index (κ2) is 8.83. The van der Waals surface area contributed by atoms with E-state index in [2.05, 4.69) is 29.3 Å². The highest BCUT2D eigenvalue weighted by Crippen LogP contribution is 2.12. The van der Waals surface area contributed by atoms with E-state index in [0.29, 0.717) is 12.3 Å². The molecule has 1 unspecified atom stereocenters. The Morgan fingerprint density at radius 1 is 1.31 bits per heavy atom. The van der Waals surface area contributed by atoms with Crippen molar-refractivity contribution >= 4 is 12.0 Å². The molecule has 1 aliphatic rings. The standard InChI is InChI=1S/C21H26N2O3/c1-16-6-7-20(26-16)8-9-21(24)22-13-18-4-3-5-19(12-18)15-23-10-11-25-17(2)14-23/h3-9,12,17H,10-11,13-15H2,1-2H3,(H,22,24)/b9-8+. The van der Waals surface area contributed by atoms with Gasteiger partial charge in [-0.15, -0.1) is 0 Å². The molecule has 1 saturated heterocycles. The maximum Gasteiger partial charge on any atom is 0.244 e. The van der Waals surface area contributed by atoms with Gasteiger partial charge in [0.15, 0.2) is 0 Å². The molecule has 5 heteroatoms. The van der Waals surface area contributed by atoms with Crippen LogP contribution in [0.4, 0.5) is 0 Å². The zero-order valence-electron chi connectivity index (χ0n) is 15.4. The van der Waals surface area contributed by atoms with E-state index in [-0.39, 0.29) is 12.0 Å². The molecule has 3 rings (SSSR count). The van der Waals surface area contributed by atoms with E-state index >= 15 is 0 Å². The lowest BCUT2D eigenvalue weighted by atomic mass is 10.1. The van der Waals surface area contributed by atoms with Crippen LogP contribution in [0.3, 0.4) is 0 Å². The molecule has 2 aromatic rings. The zero-order valence-corrected chi connectivity index (χ0v) is 15.4. The number of amides is 1. The van der Waals surface area contributed by atoms with Crippen molar-refractivity contribution in [2.24, 2.45) is 0 Å². The van der Waals surface area contributed by atoms with Gasteiger partial charge in [0, 0.05) is 32.3 Å². The normalized spacial score (nSPS) is 18.3. The molecular formula is C21H26N2O3. The first kappa shape index (κ1) is 18.4. The van der Waals surface area contributed by atoms with E-state index in [1.807, 2.05) is 31.2 Å². The molecule has 2 heterocycles. The lowest BCUT2D eigenvalue weighted by molar-refractivity contribution is -0.116. The lowest BCUT2D eigenvalue weighted by Gasteiger charge is -2.31. The third kappa shape index (κ3) is 5.58. The van der Waals surface area contributed by atoms with Crippen LogP contribution in [-0.2, 0) is 22.6 Å². The van der Waals surface area contributed by atoms with Crippen molar-refractivity contribution in [1.29, 1.82) is 0 Å². The number of morpholine rings is 1. The number of nitrogens with zero attached hydrogens (tertiary/aromatic N) is 1. The van der Waals surface area contributed by atoms with Crippen LogP contribution in [-0.4, -0.2) is 36.6 Å². The van der Waals surface area contributed by atoms with Crippen molar-refractivity contribution in [1.82, 2.24) is 10.2 Å². The summed E-state index contributed by atoms with van der Waals surface area (Å²) >= 11 is 0. The van der Waals surface area contributed by atoms with Crippen LogP contribution in [0.25, 0.3) is 6.08 Å². The fraction of sp³-hybridized carbons (Fsp3) is 0.381. The fourth-order valence-corrected chi connectivity index (χ4v) is 3.08. The summed E-state index contributed by atoms with van der Waals surface area (Å²) in [6.45, 7) is 8.11. The minimum atomic E-state index is -0.133. The summed E-state index contributed by atoms with van der Waals surface area (Å²) in [4.78, 5) is 14.4. The second-order valence-electron chi connectivity index (χ2n) is 6.74. The molecule has 1 atom stereocenters. The Kier molecular flexibility index (Phi) is 6.26. The summed E-state index contributed by atoms with van der Waals surface area (Å²) in [5.41, 5.74) is 2.35. The van der Waals surface area contributed by atoms with Crippen LogP contribution in [0.15, 0.2) is 46.9 Å². The number of hydrogen-bond donors (Lipinski definition) is 1. The quantitative estimate of drug-likeness (QED) is 0.810. The molecule has 5 nitrogen and oxygen atoms in total. The van der Waals surface area contributed by atoms with E-state index in [1.165, 1.54) is 11.6 Å². The van der Waals surface area contributed by atoms with Crippen LogP contribution >= 0.6 is 0 Å². The van der Waals surface area contributed by atoms with Gasteiger partial charge in [-0.05, 0) is 43.2 Å². The van der Waals surface area contributed by atoms with Gasteiger partial charge in [-0.1, -0.05) is 24.3 Å². The van der Waals surface area contributed by atoms with E-state index in [0.717, 1.165) is 37.6 Å². The van der Waals surface area contributed by atoms with Crippen molar-refractivity contribution in [3.05, 3.63) is 65.1 Å². The Bertz CT molecular complexity index is 766. The summed E-state index contributed by atoms with van der Waals surface area (Å²) in [7, 11) is 0. The van der Waals surface area contributed by atoms with Crippen LogP contribution in [0.1, 0.15) is 29.6 Å². The number of aryl methyl sites for hydroxylation is 1. The first-order valence-electron chi connectivity index (χ1n) is 9.02. The molecule has 0 saturated carbocycles. The van der Waals surface area contributed by atoms with Gasteiger partial charge in [0.1, 0.15) is 11.5 Å². The highest BCUT2D eigenvalue weighted by atomic mass is 16.5. The molecule has 1 amide bonds. The first-order chi connectivity index (χ1) is 12.6. The van der Waals surface area contributed by atoms with Crippen molar-refractivity contribution in [3.8, 4) is 0 Å². The summed E-state index contributed by atoms with van der Waals surface area (Å²) in [6.07, 6.45) is 3.46. The molecule has 1 aromatic carbocycles. The SMILES string of the molecule is Cc1ccc(/C=C/C(=O)NCc2cccc(CN3CCOC(C)C3)c2)o1. The molecule has 0 radical (unpaired) electrons. The van der Waals surface area contributed by atoms with Gasteiger partial charge >= 0.3 is 0 Å². The van der Waals surface area contributed by atoms with Gasteiger partial charge in [0.25, 0.3) is 0 Å². The third-order valence-corrected chi connectivity index (χ3v) is 4.35. The number of furan rings is 1. The third-order valence-electron chi connectivity index (χ3n) is 4.35. The Balaban J connectivity index is 1.50. The predicted molar refractivity (Wildman–Crippen MR) is 101 cm³/mol. The highest BCUT2D eigenvalue weighted by molar-refractivity contribution is 5.91. The Morgan fingerprint density at radius 2 is 2.15 bits per heavy atom. The molecule has 26 heavy (non-hydrogen) atoms. The molecule has 138 valence electrons. The lowest BCUT2D eigenvalue weighted by Crippen LogP contribution is -2.40. The minimum Gasteiger partial charge on any atom is -0.462 e. The van der Waals surface area contributed by atoms with Crippen molar-refractivity contribution in [2.45, 2.75) is 33.0 Å². The van der Waals surface area contributed by atoms with Crippen LogP contribution in [0.5, 0.6) is 0 Å². The molecule has 1 N–H and O–H groups in total. The summed E-state index contributed by atoms with van der Waals surface area (Å²) in [5, 5.41) is 2.91. The maximum absolute atomic E-state index is 12.0. The highest BCUT2D eigenvalue weighted by Gasteiger charge is 2.16. The number of benzene rings is 1.